The molecule has 0 rings (SSSR count). The smallest absolute Gasteiger partial charge is 0.850 e. The van der Waals surface area contributed by atoms with Crippen molar-refractivity contribution in [1.29, 1.82) is 0 Å². The van der Waals surface area contributed by atoms with Crippen molar-refractivity contribution in [2.75, 3.05) is 0 Å². The van der Waals surface area contributed by atoms with E-state index < -0.39 is 5.69 Å². The second-order valence-electron chi connectivity index (χ2n) is 0.447. The summed E-state index contributed by atoms with van der Waals surface area (Å²) in [5.41, 5.74) is -3.72. The summed E-state index contributed by atoms with van der Waals surface area (Å²) in [4.78, 5) is 18.6. The molecule has 0 amide bonds. The van der Waals surface area contributed by atoms with Crippen LogP contribution < -0.4 is 9.79 Å². The second kappa shape index (κ2) is 4.20. The van der Waals surface area contributed by atoms with Crippen molar-refractivity contribution < 1.29 is 51.5 Å². The summed E-state index contributed by atoms with van der Waals surface area (Å²) in [6, 6.07) is 0. The van der Waals surface area contributed by atoms with E-state index in [9.17, 15) is 9.79 Å². The molecular formula is CeO2PS2. The Morgan fingerprint density at radius 2 is 1.50 bits per heavy atom. The number of hydrogen-bond acceptors (Lipinski definition) is 4. The number of hydrogen-bond donors (Lipinski definition) is 0. The maximum absolute atomic E-state index is 9.29. The average Bonchev–Trinajstić information content (AvgIpc) is 0.722. The van der Waals surface area contributed by atoms with E-state index in [1.54, 1.807) is 0 Å². The third-order valence-electron chi connectivity index (χ3n) is 0. The molecule has 0 fully saturated rings. The first-order valence-corrected chi connectivity index (χ1v) is 4.38. The Morgan fingerprint density at radius 3 is 1.50 bits per heavy atom. The Labute approximate surface area is 80.0 Å². The summed E-state index contributed by atoms with van der Waals surface area (Å²) in [5, 5.41) is 0. The van der Waals surface area contributed by atoms with Gasteiger partial charge in [0.05, 0.1) is 0 Å². The van der Waals surface area contributed by atoms with Crippen LogP contribution >= 0.6 is 5.69 Å². The van der Waals surface area contributed by atoms with Crippen LogP contribution in [0.2, 0.25) is 0 Å². The summed E-state index contributed by atoms with van der Waals surface area (Å²) < 4.78 is 0. The minimum absolute atomic E-state index is 0. The monoisotopic (exact) mass is 267 g/mol. The first-order chi connectivity index (χ1) is 2.00. The van der Waals surface area contributed by atoms with Crippen LogP contribution in [-0.4, -0.2) is 0 Å². The van der Waals surface area contributed by atoms with Gasteiger partial charge < -0.3 is 27.7 Å². The maximum Gasteiger partial charge on any atom is 3.00 e. The normalized spacial score (nSPS) is 9.83. The zero-order valence-electron chi connectivity index (χ0n) is 2.58. The predicted molar refractivity (Wildman–Crippen MR) is 21.6 cm³/mol. The van der Waals surface area contributed by atoms with Crippen LogP contribution in [0.4, 0.5) is 0 Å². The maximum atomic E-state index is 9.29. The van der Waals surface area contributed by atoms with E-state index in [-0.39, 0.29) is 41.7 Å². The summed E-state index contributed by atoms with van der Waals surface area (Å²) >= 11 is 7.28. The zero-order valence-corrected chi connectivity index (χ0v) is 8.25. The molecule has 1 radical (unpaired) electrons. The molecule has 6 heteroatoms. The molecule has 0 N–H and O–H groups in total. The first-order valence-electron chi connectivity index (χ1n) is 0.730. The topological polar surface area (TPSA) is 46.1 Å². The van der Waals surface area contributed by atoms with E-state index in [2.05, 4.69) is 24.1 Å². The molecule has 0 aliphatic rings. The third kappa shape index (κ3) is 33.5. The van der Waals surface area contributed by atoms with Crippen LogP contribution in [-0.2, 0) is 24.1 Å². The van der Waals surface area contributed by atoms with Gasteiger partial charge in [-0.25, -0.2) is 0 Å². The van der Waals surface area contributed by atoms with Gasteiger partial charge in [-0.05, 0) is 0 Å². The molecule has 0 atom stereocenters. The van der Waals surface area contributed by atoms with Gasteiger partial charge in [-0.2, -0.15) is 11.8 Å². The van der Waals surface area contributed by atoms with Crippen LogP contribution in [0.25, 0.3) is 0 Å². The van der Waals surface area contributed by atoms with Crippen molar-refractivity contribution in [3.05, 3.63) is 0 Å². The van der Waals surface area contributed by atoms with Gasteiger partial charge in [0.15, 0.2) is 0 Å². The van der Waals surface area contributed by atoms with Crippen molar-refractivity contribution >= 4 is 29.7 Å². The van der Waals surface area contributed by atoms with Gasteiger partial charge in [-0.15, -0.1) is 0 Å². The van der Waals surface area contributed by atoms with Gasteiger partial charge in [0.2, 0.25) is 0 Å². The van der Waals surface area contributed by atoms with Gasteiger partial charge >= 0.3 is 41.7 Å². The molecule has 0 aliphatic heterocycles. The second-order valence-corrected chi connectivity index (χ2v) is 4.92. The Morgan fingerprint density at radius 1 is 1.50 bits per heavy atom. The van der Waals surface area contributed by atoms with Gasteiger partial charge in [0.25, 0.3) is 0 Å². The molecule has 6 heavy (non-hydrogen) atoms. The first kappa shape index (κ1) is 11.1. The molecule has 0 aliphatic carbocycles. The minimum atomic E-state index is -3.72. The Bertz CT molecular complexity index is 57.7. The quantitative estimate of drug-likeness (QED) is 0.395. The fourth-order valence-electron chi connectivity index (χ4n) is 0. The van der Waals surface area contributed by atoms with Gasteiger partial charge in [0, 0.05) is 0 Å². The Kier molecular flexibility index (Phi) is 7.80. The summed E-state index contributed by atoms with van der Waals surface area (Å²) in [5.74, 6) is 0. The Hall–Kier alpha value is 2.30. The summed E-state index contributed by atoms with van der Waals surface area (Å²) in [6.07, 6.45) is 0. The van der Waals surface area contributed by atoms with Crippen molar-refractivity contribution in [3.8, 4) is 0 Å². The third-order valence-corrected chi connectivity index (χ3v) is 0. The minimum Gasteiger partial charge on any atom is -0.850 e. The predicted octanol–water partition coefficient (Wildman–Crippen LogP) is -1.52. The molecule has 2 nitrogen and oxygen atoms in total. The molecule has 0 heterocycles. The van der Waals surface area contributed by atoms with Crippen LogP contribution in [0.1, 0.15) is 0 Å². The Balaban J connectivity index is 0. The van der Waals surface area contributed by atoms with Crippen molar-refractivity contribution in [2.24, 2.45) is 0 Å². The van der Waals surface area contributed by atoms with Gasteiger partial charge in [0.1, 0.15) is 0 Å². The molecule has 0 bridgehead atoms. The van der Waals surface area contributed by atoms with Crippen LogP contribution in [0.5, 0.6) is 0 Å². The van der Waals surface area contributed by atoms with Crippen LogP contribution in [0, 0.1) is 41.7 Å². The van der Waals surface area contributed by atoms with E-state index in [1.807, 2.05) is 0 Å². The van der Waals surface area contributed by atoms with Crippen LogP contribution in [0.15, 0.2) is 0 Å². The standard InChI is InChI=1S/Ce.H3O2PS2/c;1-3(2,4)5/h;(H3,1,2,4,5)/q+3;/p-3. The largest absolute Gasteiger partial charge is 3.00 e. The fraction of sp³-hybridized carbons (Fsp3) is 0. The SMILES string of the molecule is [Ce+3].[O-]P([O-])(=S)[S-]. The van der Waals surface area contributed by atoms with Crippen molar-refractivity contribution in [1.82, 2.24) is 0 Å². The molecule has 0 unspecified atom stereocenters. The summed E-state index contributed by atoms with van der Waals surface area (Å²) in [7, 11) is 0. The van der Waals surface area contributed by atoms with E-state index in [1.165, 1.54) is 0 Å². The molecule has 0 aromatic carbocycles. The van der Waals surface area contributed by atoms with E-state index in [0.717, 1.165) is 0 Å². The molecule has 0 saturated carbocycles. The molecule has 0 saturated heterocycles. The zero-order chi connectivity index (χ0) is 4.50. The van der Waals surface area contributed by atoms with E-state index in [4.69, 9.17) is 0 Å². The van der Waals surface area contributed by atoms with Crippen molar-refractivity contribution in [3.63, 3.8) is 0 Å². The van der Waals surface area contributed by atoms with E-state index >= 15 is 0 Å². The van der Waals surface area contributed by atoms with Crippen LogP contribution in [0.3, 0.4) is 0 Å². The summed E-state index contributed by atoms with van der Waals surface area (Å²) in [6.45, 7) is 0. The van der Waals surface area contributed by atoms with Gasteiger partial charge in [-0.3, -0.25) is 0 Å². The fourth-order valence-corrected chi connectivity index (χ4v) is 0. The molecule has 0 spiro atoms. The molecule has 33 valence electrons. The van der Waals surface area contributed by atoms with E-state index in [0.29, 0.717) is 0 Å². The molecule has 0 aromatic rings. The van der Waals surface area contributed by atoms with Crippen molar-refractivity contribution in [2.45, 2.75) is 0 Å². The van der Waals surface area contributed by atoms with Gasteiger partial charge in [-0.1, -0.05) is 0 Å². The average molecular weight is 267 g/mol. The molecular weight excluding hydrogens is 267 g/mol. The number of rotatable bonds is 0. The molecule has 0 aromatic heterocycles.